The van der Waals surface area contributed by atoms with Gasteiger partial charge in [0.15, 0.2) is 0 Å². The molecule has 5 nitrogen and oxygen atoms in total. The van der Waals surface area contributed by atoms with Crippen LogP contribution in [-0.2, 0) is 9.53 Å². The molecule has 1 heterocycles. The lowest BCUT2D eigenvalue weighted by atomic mass is 9.97. The van der Waals surface area contributed by atoms with Crippen molar-refractivity contribution in [2.45, 2.75) is 31.7 Å². The molecule has 1 saturated heterocycles. The topological polar surface area (TPSA) is 58.6 Å². The molecule has 0 bridgehead atoms. The van der Waals surface area contributed by atoms with E-state index in [-0.39, 0.29) is 17.9 Å². The Kier molecular flexibility index (Phi) is 3.31. The maximum atomic E-state index is 11.8. The third-order valence-electron chi connectivity index (χ3n) is 3.15. The number of amides is 2. The van der Waals surface area contributed by atoms with E-state index in [1.807, 2.05) is 0 Å². The Bertz CT molecular complexity index is 289. The van der Waals surface area contributed by atoms with Crippen molar-refractivity contribution >= 4 is 12.0 Å². The number of ether oxygens (including phenoxy) is 1. The van der Waals surface area contributed by atoms with E-state index >= 15 is 0 Å². The molecule has 1 atom stereocenters. The van der Waals surface area contributed by atoms with Crippen molar-refractivity contribution < 1.29 is 14.3 Å². The molecule has 2 rings (SSSR count). The summed E-state index contributed by atoms with van der Waals surface area (Å²) in [4.78, 5) is 24.8. The van der Waals surface area contributed by atoms with E-state index in [4.69, 9.17) is 0 Å². The van der Waals surface area contributed by atoms with Gasteiger partial charge in [-0.25, -0.2) is 4.79 Å². The predicted octanol–water partition coefficient (Wildman–Crippen LogP) is 0.743. The molecule has 1 aliphatic heterocycles. The summed E-state index contributed by atoms with van der Waals surface area (Å²) in [6, 6.07) is 0.390. The van der Waals surface area contributed by atoms with Gasteiger partial charge in [0.1, 0.15) is 0 Å². The van der Waals surface area contributed by atoms with Gasteiger partial charge in [-0.3, -0.25) is 4.79 Å². The lowest BCUT2D eigenvalue weighted by molar-refractivity contribution is -0.126. The Labute approximate surface area is 95.1 Å². The summed E-state index contributed by atoms with van der Waals surface area (Å²) < 4.78 is 4.67. The fourth-order valence-electron chi connectivity index (χ4n) is 2.03. The summed E-state index contributed by atoms with van der Waals surface area (Å²) in [6.45, 7) is 1.19. The molecule has 1 unspecified atom stereocenters. The molecule has 1 saturated carbocycles. The van der Waals surface area contributed by atoms with Gasteiger partial charge < -0.3 is 15.0 Å². The molecule has 1 N–H and O–H groups in total. The molecule has 0 aromatic rings. The number of carbonyl (C=O) groups excluding carboxylic acids is 2. The molecule has 1 aliphatic carbocycles. The van der Waals surface area contributed by atoms with E-state index in [0.717, 1.165) is 25.7 Å². The molecule has 2 fully saturated rings. The quantitative estimate of drug-likeness (QED) is 0.755. The van der Waals surface area contributed by atoms with Crippen LogP contribution < -0.4 is 5.32 Å². The van der Waals surface area contributed by atoms with Crippen LogP contribution in [-0.4, -0.2) is 43.1 Å². The summed E-state index contributed by atoms with van der Waals surface area (Å²) in [7, 11) is 1.37. The van der Waals surface area contributed by atoms with Crippen molar-refractivity contribution in [1.29, 1.82) is 0 Å². The van der Waals surface area contributed by atoms with Crippen molar-refractivity contribution in [3.05, 3.63) is 0 Å². The van der Waals surface area contributed by atoms with Gasteiger partial charge in [0.05, 0.1) is 13.0 Å². The lowest BCUT2D eigenvalue weighted by Crippen LogP contribution is -2.45. The molecule has 90 valence electrons. The van der Waals surface area contributed by atoms with Crippen LogP contribution in [0.15, 0.2) is 0 Å². The number of nitrogens with zero attached hydrogens (tertiary/aromatic N) is 1. The van der Waals surface area contributed by atoms with Gasteiger partial charge in [0.25, 0.3) is 0 Å². The normalized spacial score (nSPS) is 25.1. The van der Waals surface area contributed by atoms with Gasteiger partial charge in [-0.1, -0.05) is 0 Å². The number of methoxy groups -OCH3 is 1. The monoisotopic (exact) mass is 226 g/mol. The highest BCUT2D eigenvalue weighted by Gasteiger charge is 2.32. The zero-order valence-corrected chi connectivity index (χ0v) is 9.57. The largest absolute Gasteiger partial charge is 0.453 e. The fourth-order valence-corrected chi connectivity index (χ4v) is 2.03. The molecule has 16 heavy (non-hydrogen) atoms. The van der Waals surface area contributed by atoms with Crippen molar-refractivity contribution in [2.24, 2.45) is 5.92 Å². The second-order valence-corrected chi connectivity index (χ2v) is 4.54. The van der Waals surface area contributed by atoms with Crippen LogP contribution in [0.25, 0.3) is 0 Å². The maximum Gasteiger partial charge on any atom is 0.409 e. The van der Waals surface area contributed by atoms with Gasteiger partial charge in [-0.2, -0.15) is 0 Å². The van der Waals surface area contributed by atoms with Crippen LogP contribution in [0.4, 0.5) is 4.79 Å². The average Bonchev–Trinajstić information content (AvgIpc) is 3.12. The van der Waals surface area contributed by atoms with Gasteiger partial charge in [-0.15, -0.1) is 0 Å². The zero-order valence-electron chi connectivity index (χ0n) is 9.57. The fraction of sp³-hybridized carbons (Fsp3) is 0.818. The van der Waals surface area contributed by atoms with Crippen LogP contribution in [0.5, 0.6) is 0 Å². The van der Waals surface area contributed by atoms with Gasteiger partial charge >= 0.3 is 6.09 Å². The molecule has 5 heteroatoms. The highest BCUT2D eigenvalue weighted by molar-refractivity contribution is 5.80. The Morgan fingerprint density at radius 3 is 2.69 bits per heavy atom. The maximum absolute atomic E-state index is 11.8. The number of carbonyl (C=O) groups is 2. The second-order valence-electron chi connectivity index (χ2n) is 4.54. The predicted molar refractivity (Wildman–Crippen MR) is 57.9 cm³/mol. The lowest BCUT2D eigenvalue weighted by Gasteiger charge is -2.30. The van der Waals surface area contributed by atoms with E-state index in [9.17, 15) is 9.59 Å². The SMILES string of the molecule is COC(=O)N1CCCC(C(=O)NC2CC2)C1. The van der Waals surface area contributed by atoms with Crippen molar-refractivity contribution in [3.63, 3.8) is 0 Å². The van der Waals surface area contributed by atoms with Crippen LogP contribution in [0, 0.1) is 5.92 Å². The van der Waals surface area contributed by atoms with Crippen LogP contribution in [0.2, 0.25) is 0 Å². The summed E-state index contributed by atoms with van der Waals surface area (Å²) in [6.07, 6.45) is 3.60. The van der Waals surface area contributed by atoms with Crippen molar-refractivity contribution in [1.82, 2.24) is 10.2 Å². The standard InChI is InChI=1S/C11H18N2O3/c1-16-11(15)13-6-2-3-8(7-13)10(14)12-9-4-5-9/h8-9H,2-7H2,1H3,(H,12,14). The van der Waals surface area contributed by atoms with E-state index in [1.165, 1.54) is 7.11 Å². The molecule has 0 aromatic carbocycles. The molecule has 0 radical (unpaired) electrons. The van der Waals surface area contributed by atoms with Crippen LogP contribution in [0.3, 0.4) is 0 Å². The third-order valence-corrected chi connectivity index (χ3v) is 3.15. The second kappa shape index (κ2) is 4.72. The highest BCUT2D eigenvalue weighted by Crippen LogP contribution is 2.22. The number of nitrogens with one attached hydrogen (secondary N) is 1. The Hall–Kier alpha value is -1.26. The molecular formula is C11H18N2O3. The number of rotatable bonds is 2. The molecule has 0 aromatic heterocycles. The molecular weight excluding hydrogens is 208 g/mol. The minimum Gasteiger partial charge on any atom is -0.453 e. The number of likely N-dealkylation sites (tertiary alicyclic amines) is 1. The highest BCUT2D eigenvalue weighted by atomic mass is 16.5. The van der Waals surface area contributed by atoms with E-state index in [1.54, 1.807) is 4.90 Å². The number of piperidine rings is 1. The van der Waals surface area contributed by atoms with E-state index in [0.29, 0.717) is 19.1 Å². The molecule has 2 amide bonds. The average molecular weight is 226 g/mol. The summed E-state index contributed by atoms with van der Waals surface area (Å²) in [5, 5.41) is 2.98. The Morgan fingerprint density at radius 2 is 2.06 bits per heavy atom. The summed E-state index contributed by atoms with van der Waals surface area (Å²) in [5.74, 6) is 0.0320. The van der Waals surface area contributed by atoms with Gasteiger partial charge in [0.2, 0.25) is 5.91 Å². The van der Waals surface area contributed by atoms with Crippen molar-refractivity contribution in [2.75, 3.05) is 20.2 Å². The Balaban J connectivity index is 1.85. The minimum atomic E-state index is -0.330. The Morgan fingerprint density at radius 1 is 1.31 bits per heavy atom. The molecule has 0 spiro atoms. The summed E-state index contributed by atoms with van der Waals surface area (Å²) >= 11 is 0. The first-order chi connectivity index (χ1) is 7.70. The van der Waals surface area contributed by atoms with Gasteiger partial charge in [0, 0.05) is 19.1 Å². The molecule has 2 aliphatic rings. The first kappa shape index (κ1) is 11.2. The first-order valence-corrected chi connectivity index (χ1v) is 5.84. The number of hydrogen-bond donors (Lipinski definition) is 1. The van der Waals surface area contributed by atoms with Crippen LogP contribution in [0.1, 0.15) is 25.7 Å². The smallest absolute Gasteiger partial charge is 0.409 e. The summed E-state index contributed by atoms with van der Waals surface area (Å²) in [5.41, 5.74) is 0. The van der Waals surface area contributed by atoms with E-state index < -0.39 is 0 Å². The third kappa shape index (κ3) is 2.65. The first-order valence-electron chi connectivity index (χ1n) is 5.84. The van der Waals surface area contributed by atoms with Crippen molar-refractivity contribution in [3.8, 4) is 0 Å². The van der Waals surface area contributed by atoms with Crippen LogP contribution >= 0.6 is 0 Å². The zero-order chi connectivity index (χ0) is 11.5. The van der Waals surface area contributed by atoms with Gasteiger partial charge in [-0.05, 0) is 25.7 Å². The number of hydrogen-bond acceptors (Lipinski definition) is 3. The van der Waals surface area contributed by atoms with E-state index in [2.05, 4.69) is 10.1 Å². The minimum absolute atomic E-state index is 0.0616.